The minimum atomic E-state index is -2.75. The lowest BCUT2D eigenvalue weighted by Gasteiger charge is -2.10. The molecule has 0 unspecified atom stereocenters. The van der Waals surface area contributed by atoms with E-state index in [2.05, 4.69) is 15.9 Å². The van der Waals surface area contributed by atoms with Gasteiger partial charge in [-0.15, -0.1) is 0 Å². The fourth-order valence-electron chi connectivity index (χ4n) is 1.20. The predicted octanol–water partition coefficient (Wildman–Crippen LogP) is 2.71. The Kier molecular flexibility index (Phi) is 3.14. The van der Waals surface area contributed by atoms with Crippen molar-refractivity contribution in [3.05, 3.63) is 28.0 Å². The first-order chi connectivity index (χ1) is 6.36. The number of halogens is 2. The van der Waals surface area contributed by atoms with E-state index in [-0.39, 0.29) is 10.9 Å². The highest BCUT2D eigenvalue weighted by molar-refractivity contribution is 9.10. The lowest BCUT2D eigenvalue weighted by molar-refractivity contribution is 0.584. The molecule has 5 heteroatoms. The minimum absolute atomic E-state index is 0.0307. The van der Waals surface area contributed by atoms with Crippen LogP contribution >= 0.6 is 23.1 Å². The second-order valence-electron chi connectivity index (χ2n) is 3.25. The smallest absolute Gasteiger partial charge is 0.136 e. The van der Waals surface area contributed by atoms with Gasteiger partial charge in [-0.25, -0.2) is 4.39 Å². The molecule has 0 bridgehead atoms. The van der Waals surface area contributed by atoms with E-state index in [9.17, 15) is 8.96 Å². The van der Waals surface area contributed by atoms with Gasteiger partial charge >= 0.3 is 0 Å². The number of nitriles is 1. The molecule has 0 saturated heterocycles. The van der Waals surface area contributed by atoms with Crippen molar-refractivity contribution in [2.75, 3.05) is 13.3 Å². The Labute approximate surface area is 90.2 Å². The molecule has 0 saturated carbocycles. The lowest BCUT2D eigenvalue weighted by Crippen LogP contribution is -2.13. The summed E-state index contributed by atoms with van der Waals surface area (Å²) in [6.07, 6.45) is 0. The summed E-state index contributed by atoms with van der Waals surface area (Å²) in [5.74, 6) is -0.593. The van der Waals surface area contributed by atoms with Crippen LogP contribution in [0.4, 0.5) is 4.39 Å². The molecule has 0 spiro atoms. The highest BCUT2D eigenvalue weighted by Crippen LogP contribution is 2.37. The number of hydrogen-bond donors (Lipinski definition) is 0. The standard InChI is InChI=1S/C9H8BrFNOP/c1-14(2,13)9-6(5-12)3-7(10)4-8(9)11/h3-4H,1-2H3. The summed E-state index contributed by atoms with van der Waals surface area (Å²) in [6.45, 7) is 2.89. The third-order valence-corrected chi connectivity index (χ3v) is 3.68. The Morgan fingerprint density at radius 3 is 2.50 bits per heavy atom. The molecule has 2 nitrogen and oxygen atoms in total. The SMILES string of the molecule is CP(C)(=O)c1c(F)cc(Br)cc1C#N. The van der Waals surface area contributed by atoms with Gasteiger partial charge in [-0.1, -0.05) is 15.9 Å². The van der Waals surface area contributed by atoms with Crippen LogP contribution in [0.15, 0.2) is 16.6 Å². The van der Waals surface area contributed by atoms with Crippen molar-refractivity contribution >= 4 is 28.4 Å². The Hall–Kier alpha value is -0.650. The van der Waals surface area contributed by atoms with Crippen molar-refractivity contribution < 1.29 is 8.96 Å². The first kappa shape index (κ1) is 11.4. The third kappa shape index (κ3) is 2.23. The first-order valence-corrected chi connectivity index (χ1v) is 7.20. The van der Waals surface area contributed by atoms with E-state index in [1.165, 1.54) is 25.5 Å². The van der Waals surface area contributed by atoms with Crippen molar-refractivity contribution in [3.63, 3.8) is 0 Å². The number of rotatable bonds is 1. The summed E-state index contributed by atoms with van der Waals surface area (Å²) in [5, 5.41) is 8.80. The molecular weight excluding hydrogens is 268 g/mol. The van der Waals surface area contributed by atoms with E-state index < -0.39 is 13.0 Å². The average Bonchev–Trinajstić information content (AvgIpc) is 1.99. The maximum atomic E-state index is 13.4. The molecular formula is C9H8BrFNOP. The molecule has 1 aromatic rings. The van der Waals surface area contributed by atoms with Crippen LogP contribution in [-0.2, 0) is 4.57 Å². The van der Waals surface area contributed by atoms with Gasteiger partial charge in [0.25, 0.3) is 0 Å². The monoisotopic (exact) mass is 275 g/mol. The van der Waals surface area contributed by atoms with Crippen LogP contribution in [-0.4, -0.2) is 13.3 Å². The number of hydrogen-bond acceptors (Lipinski definition) is 2. The van der Waals surface area contributed by atoms with Gasteiger partial charge < -0.3 is 4.57 Å². The summed E-state index contributed by atoms with van der Waals surface area (Å²) in [7, 11) is -2.75. The second kappa shape index (κ2) is 3.84. The van der Waals surface area contributed by atoms with Crippen LogP contribution in [0.25, 0.3) is 0 Å². The molecule has 0 aromatic heterocycles. The Morgan fingerprint density at radius 1 is 1.50 bits per heavy atom. The molecule has 74 valence electrons. The number of benzene rings is 1. The normalized spacial score (nSPS) is 11.1. The fraction of sp³-hybridized carbons (Fsp3) is 0.222. The molecule has 14 heavy (non-hydrogen) atoms. The largest absolute Gasteiger partial charge is 0.319 e. The average molecular weight is 276 g/mol. The summed E-state index contributed by atoms with van der Waals surface area (Å²) in [6, 6.07) is 4.53. The van der Waals surface area contributed by atoms with E-state index >= 15 is 0 Å². The van der Waals surface area contributed by atoms with E-state index in [1.807, 2.05) is 6.07 Å². The zero-order chi connectivity index (χ0) is 10.9. The molecule has 0 fully saturated rings. The van der Waals surface area contributed by atoms with Crippen molar-refractivity contribution in [1.82, 2.24) is 0 Å². The maximum absolute atomic E-state index is 13.4. The Balaban J connectivity index is 3.59. The molecule has 0 aliphatic carbocycles. The summed E-state index contributed by atoms with van der Waals surface area (Å²) in [4.78, 5) is 0. The van der Waals surface area contributed by atoms with E-state index in [1.54, 1.807) is 0 Å². The van der Waals surface area contributed by atoms with Crippen LogP contribution in [0.5, 0.6) is 0 Å². The molecule has 0 radical (unpaired) electrons. The fourth-order valence-corrected chi connectivity index (χ4v) is 2.90. The summed E-state index contributed by atoms with van der Waals surface area (Å²) >= 11 is 3.07. The van der Waals surface area contributed by atoms with E-state index in [0.29, 0.717) is 4.47 Å². The van der Waals surface area contributed by atoms with Gasteiger partial charge in [0.15, 0.2) is 0 Å². The maximum Gasteiger partial charge on any atom is 0.136 e. The van der Waals surface area contributed by atoms with E-state index in [4.69, 9.17) is 5.26 Å². The molecule has 0 atom stereocenters. The van der Waals surface area contributed by atoms with Crippen LogP contribution in [0.1, 0.15) is 5.56 Å². The zero-order valence-electron chi connectivity index (χ0n) is 7.71. The Morgan fingerprint density at radius 2 is 2.07 bits per heavy atom. The minimum Gasteiger partial charge on any atom is -0.319 e. The molecule has 0 N–H and O–H groups in total. The highest BCUT2D eigenvalue weighted by atomic mass is 79.9. The van der Waals surface area contributed by atoms with Gasteiger partial charge in [0.2, 0.25) is 0 Å². The Bertz CT molecular complexity index is 461. The predicted molar refractivity (Wildman–Crippen MR) is 57.9 cm³/mol. The van der Waals surface area contributed by atoms with Gasteiger partial charge in [-0.3, -0.25) is 0 Å². The van der Waals surface area contributed by atoms with Crippen LogP contribution < -0.4 is 5.30 Å². The highest BCUT2D eigenvalue weighted by Gasteiger charge is 2.21. The van der Waals surface area contributed by atoms with Crippen molar-refractivity contribution in [1.29, 1.82) is 5.26 Å². The van der Waals surface area contributed by atoms with Gasteiger partial charge in [-0.05, 0) is 25.5 Å². The van der Waals surface area contributed by atoms with Gasteiger partial charge in [0.05, 0.1) is 10.9 Å². The lowest BCUT2D eigenvalue weighted by atomic mass is 10.2. The summed E-state index contributed by atoms with van der Waals surface area (Å²) < 4.78 is 25.6. The third-order valence-electron chi connectivity index (χ3n) is 1.69. The zero-order valence-corrected chi connectivity index (χ0v) is 10.2. The molecule has 0 heterocycles. The molecule has 0 aliphatic heterocycles. The summed E-state index contributed by atoms with van der Waals surface area (Å²) in [5.41, 5.74) is 0.130. The topological polar surface area (TPSA) is 40.9 Å². The second-order valence-corrected chi connectivity index (χ2v) is 7.31. The molecule has 0 amide bonds. The number of nitrogens with zero attached hydrogens (tertiary/aromatic N) is 1. The van der Waals surface area contributed by atoms with Crippen molar-refractivity contribution in [3.8, 4) is 6.07 Å². The van der Waals surface area contributed by atoms with Crippen molar-refractivity contribution in [2.24, 2.45) is 0 Å². The molecule has 1 aromatic carbocycles. The van der Waals surface area contributed by atoms with E-state index in [0.717, 1.165) is 0 Å². The molecule has 1 rings (SSSR count). The van der Waals surface area contributed by atoms with Crippen molar-refractivity contribution in [2.45, 2.75) is 0 Å². The van der Waals surface area contributed by atoms with Gasteiger partial charge in [-0.2, -0.15) is 5.26 Å². The quantitative estimate of drug-likeness (QED) is 0.740. The molecule has 0 aliphatic rings. The van der Waals surface area contributed by atoms with Crippen LogP contribution in [0, 0.1) is 17.1 Å². The van der Waals surface area contributed by atoms with Gasteiger partial charge in [0.1, 0.15) is 19.0 Å². The van der Waals surface area contributed by atoms with Crippen LogP contribution in [0.3, 0.4) is 0 Å². The van der Waals surface area contributed by atoms with Gasteiger partial charge in [0, 0.05) is 4.47 Å². The first-order valence-electron chi connectivity index (χ1n) is 3.81. The van der Waals surface area contributed by atoms with Crippen LogP contribution in [0.2, 0.25) is 0 Å².